The maximum absolute atomic E-state index is 12.0. The lowest BCUT2D eigenvalue weighted by atomic mass is 10.3. The lowest BCUT2D eigenvalue weighted by Gasteiger charge is -2.04. The van der Waals surface area contributed by atoms with Crippen LogP contribution < -0.4 is 15.4 Å². The number of hydrogen-bond donors (Lipinski definition) is 4. The Balaban J connectivity index is 0.000000226. The van der Waals surface area contributed by atoms with Gasteiger partial charge < -0.3 is 25.2 Å². The summed E-state index contributed by atoms with van der Waals surface area (Å²) in [4.78, 5) is 21.7. The fraction of sp³-hybridized carbons (Fsp3) is 0.556. The first-order valence-electron chi connectivity index (χ1n) is 9.67. The van der Waals surface area contributed by atoms with Crippen LogP contribution in [-0.4, -0.2) is 62.2 Å². The SMILES string of the molecule is C1CCOC1.CC1(NC(=O)O)CC1.Cn1nc(OC(F)(F)F)cc1C(=O)Nc1ccn[nH]1. The van der Waals surface area contributed by atoms with Crippen molar-refractivity contribution >= 4 is 17.8 Å². The summed E-state index contributed by atoms with van der Waals surface area (Å²) in [5.41, 5.74) is -0.167. The average Bonchev–Trinajstić information content (AvgIpc) is 3.18. The molecule has 1 aliphatic heterocycles. The number of carbonyl (C=O) groups is 2. The van der Waals surface area contributed by atoms with E-state index in [4.69, 9.17) is 9.84 Å². The van der Waals surface area contributed by atoms with Crippen LogP contribution >= 0.6 is 0 Å². The number of hydrogen-bond acceptors (Lipinski definition) is 6. The number of nitrogens with one attached hydrogen (secondary N) is 3. The quantitative estimate of drug-likeness (QED) is 0.547. The van der Waals surface area contributed by atoms with Gasteiger partial charge in [0.05, 0.1) is 6.20 Å². The summed E-state index contributed by atoms with van der Waals surface area (Å²) in [5, 5.41) is 22.5. The zero-order valence-corrected chi connectivity index (χ0v) is 17.5. The van der Waals surface area contributed by atoms with Gasteiger partial charge in [-0.25, -0.2) is 4.79 Å². The Morgan fingerprint density at radius 2 is 1.97 bits per heavy atom. The van der Waals surface area contributed by atoms with Gasteiger partial charge in [0, 0.05) is 37.9 Å². The molecule has 0 radical (unpaired) electrons. The van der Waals surface area contributed by atoms with Gasteiger partial charge in [-0.05, 0) is 32.6 Å². The molecule has 2 aliphatic rings. The van der Waals surface area contributed by atoms with E-state index in [2.05, 4.69) is 30.7 Å². The Bertz CT molecular complexity index is 869. The Hall–Kier alpha value is -3.29. The third kappa shape index (κ3) is 9.24. The molecule has 1 aliphatic carbocycles. The summed E-state index contributed by atoms with van der Waals surface area (Å²) in [6.07, 6.45) is 0.172. The lowest BCUT2D eigenvalue weighted by molar-refractivity contribution is -0.276. The Kier molecular flexibility index (Phi) is 8.46. The van der Waals surface area contributed by atoms with Gasteiger partial charge in [0.2, 0.25) is 5.88 Å². The molecule has 2 fully saturated rings. The van der Waals surface area contributed by atoms with E-state index in [0.29, 0.717) is 5.82 Å². The summed E-state index contributed by atoms with van der Waals surface area (Å²) in [5.74, 6) is -1.04. The van der Waals surface area contributed by atoms with Gasteiger partial charge in [-0.1, -0.05) is 0 Å². The second-order valence-corrected chi connectivity index (χ2v) is 7.27. The largest absolute Gasteiger partial charge is 0.574 e. The number of aromatic nitrogens is 4. The number of halogens is 3. The average molecular weight is 462 g/mol. The molecule has 0 aromatic carbocycles. The van der Waals surface area contributed by atoms with Crippen LogP contribution in [0.1, 0.15) is 43.1 Å². The maximum atomic E-state index is 12.0. The summed E-state index contributed by atoms with van der Waals surface area (Å²) in [7, 11) is 1.32. The Morgan fingerprint density at radius 1 is 1.31 bits per heavy atom. The number of anilines is 1. The minimum absolute atomic E-state index is 0.0775. The van der Waals surface area contributed by atoms with Crippen molar-refractivity contribution in [2.75, 3.05) is 18.5 Å². The molecular weight excluding hydrogens is 437 g/mol. The van der Waals surface area contributed by atoms with E-state index in [-0.39, 0.29) is 11.2 Å². The first-order chi connectivity index (χ1) is 15.0. The van der Waals surface area contributed by atoms with Gasteiger partial charge in [-0.3, -0.25) is 14.6 Å². The summed E-state index contributed by atoms with van der Waals surface area (Å²) in [6, 6.07) is 2.38. The number of amides is 2. The van der Waals surface area contributed by atoms with Crippen molar-refractivity contribution in [1.82, 2.24) is 25.3 Å². The monoisotopic (exact) mass is 462 g/mol. The molecule has 2 amide bonds. The second kappa shape index (κ2) is 10.8. The van der Waals surface area contributed by atoms with E-state index in [9.17, 15) is 22.8 Å². The molecule has 0 unspecified atom stereocenters. The minimum atomic E-state index is -4.86. The van der Waals surface area contributed by atoms with Gasteiger partial charge in [0.25, 0.3) is 5.91 Å². The van der Waals surface area contributed by atoms with Crippen LogP contribution in [0, 0.1) is 0 Å². The molecular formula is C18H25F3N6O5. The number of alkyl halides is 3. The molecule has 178 valence electrons. The van der Waals surface area contributed by atoms with E-state index in [1.807, 2.05) is 6.92 Å². The van der Waals surface area contributed by atoms with Crippen molar-refractivity contribution in [3.63, 3.8) is 0 Å². The van der Waals surface area contributed by atoms with Crippen molar-refractivity contribution in [3.05, 3.63) is 24.0 Å². The van der Waals surface area contributed by atoms with Crippen LogP contribution in [0.4, 0.5) is 23.8 Å². The van der Waals surface area contributed by atoms with Crippen LogP contribution in [0.25, 0.3) is 0 Å². The molecule has 4 N–H and O–H groups in total. The van der Waals surface area contributed by atoms with Crippen LogP contribution in [0.2, 0.25) is 0 Å². The van der Waals surface area contributed by atoms with Crippen LogP contribution in [0.5, 0.6) is 5.88 Å². The highest BCUT2D eigenvalue weighted by molar-refractivity contribution is 6.02. The molecule has 2 aromatic heterocycles. The first-order valence-corrected chi connectivity index (χ1v) is 9.67. The fourth-order valence-electron chi connectivity index (χ4n) is 2.41. The van der Waals surface area contributed by atoms with Gasteiger partial charge in [-0.15, -0.1) is 18.3 Å². The number of nitrogens with zero attached hydrogens (tertiary/aromatic N) is 3. The number of rotatable bonds is 4. The van der Waals surface area contributed by atoms with Crippen molar-refractivity contribution in [2.24, 2.45) is 7.05 Å². The molecule has 11 nitrogen and oxygen atoms in total. The standard InChI is InChI=1S/C9H8F3N5O2.C5H9NO2.C4H8O/c1-17-5(4-7(16-17)19-9(10,11)12)8(18)14-6-2-3-13-15-6;1-5(2-3-5)6-4(7)8;1-2-4-5-3-1/h2-4H,1H3,(H2,13,14,15,18);6H,2-3H2,1H3,(H,7,8);1-4H2. The van der Waals surface area contributed by atoms with E-state index in [1.54, 1.807) is 0 Å². The van der Waals surface area contributed by atoms with Gasteiger partial charge in [0.1, 0.15) is 11.5 Å². The summed E-state index contributed by atoms with van der Waals surface area (Å²) >= 11 is 0. The third-order valence-corrected chi connectivity index (χ3v) is 4.30. The van der Waals surface area contributed by atoms with Crippen LogP contribution in [0.3, 0.4) is 0 Å². The second-order valence-electron chi connectivity index (χ2n) is 7.27. The molecule has 0 spiro atoms. The van der Waals surface area contributed by atoms with Crippen LogP contribution in [0.15, 0.2) is 18.3 Å². The number of H-pyrrole nitrogens is 1. The summed E-state index contributed by atoms with van der Waals surface area (Å²) < 4.78 is 45.5. The summed E-state index contributed by atoms with van der Waals surface area (Å²) in [6.45, 7) is 3.90. The number of aryl methyl sites for hydroxylation is 1. The van der Waals surface area contributed by atoms with Crippen molar-refractivity contribution in [1.29, 1.82) is 0 Å². The highest BCUT2D eigenvalue weighted by Gasteiger charge is 2.38. The molecule has 3 heterocycles. The number of aromatic amines is 1. The van der Waals surface area contributed by atoms with Crippen molar-refractivity contribution in [2.45, 2.75) is 44.5 Å². The first kappa shape index (κ1) is 25.0. The van der Waals surface area contributed by atoms with E-state index >= 15 is 0 Å². The van der Waals surface area contributed by atoms with Gasteiger partial charge >= 0.3 is 12.5 Å². The van der Waals surface area contributed by atoms with Crippen molar-refractivity contribution < 1.29 is 37.3 Å². The highest BCUT2D eigenvalue weighted by Crippen LogP contribution is 2.33. The minimum Gasteiger partial charge on any atom is -0.465 e. The topological polar surface area (TPSA) is 143 Å². The Morgan fingerprint density at radius 3 is 2.38 bits per heavy atom. The molecule has 4 rings (SSSR count). The predicted molar refractivity (Wildman–Crippen MR) is 105 cm³/mol. The zero-order valence-electron chi connectivity index (χ0n) is 17.5. The van der Waals surface area contributed by atoms with Crippen LogP contribution in [-0.2, 0) is 11.8 Å². The molecule has 32 heavy (non-hydrogen) atoms. The van der Waals surface area contributed by atoms with E-state index in [1.165, 1.54) is 32.2 Å². The maximum Gasteiger partial charge on any atom is 0.574 e. The van der Waals surface area contributed by atoms with E-state index < -0.39 is 24.2 Å². The Labute approximate surface area is 181 Å². The molecule has 2 aromatic rings. The highest BCUT2D eigenvalue weighted by atomic mass is 19.4. The molecule has 1 saturated heterocycles. The normalized spacial score (nSPS) is 16.0. The molecule has 14 heteroatoms. The molecule has 0 atom stereocenters. The lowest BCUT2D eigenvalue weighted by Crippen LogP contribution is -2.32. The van der Waals surface area contributed by atoms with Gasteiger partial charge in [0.15, 0.2) is 0 Å². The number of carbonyl (C=O) groups excluding carboxylic acids is 1. The van der Waals surface area contributed by atoms with E-state index in [0.717, 1.165) is 36.8 Å². The number of ether oxygens (including phenoxy) is 2. The smallest absolute Gasteiger partial charge is 0.465 e. The fourth-order valence-corrected chi connectivity index (χ4v) is 2.41. The molecule has 1 saturated carbocycles. The zero-order chi connectivity index (χ0) is 23.8. The third-order valence-electron chi connectivity index (χ3n) is 4.30. The van der Waals surface area contributed by atoms with Crippen molar-refractivity contribution in [3.8, 4) is 5.88 Å². The number of carboxylic acid groups (broad SMARTS) is 1. The predicted octanol–water partition coefficient (Wildman–Crippen LogP) is 2.90. The van der Waals surface area contributed by atoms with Gasteiger partial charge in [-0.2, -0.15) is 5.10 Å². The molecule has 0 bridgehead atoms.